The van der Waals surface area contributed by atoms with E-state index < -0.39 is 29.4 Å². The molecule has 3 rings (SSSR count). The molecule has 2 heterocycles. The van der Waals surface area contributed by atoms with Crippen molar-refractivity contribution in [3.05, 3.63) is 34.9 Å². The van der Waals surface area contributed by atoms with Gasteiger partial charge in [-0.05, 0) is 82.3 Å². The van der Waals surface area contributed by atoms with Gasteiger partial charge in [-0.2, -0.15) is 0 Å². The summed E-state index contributed by atoms with van der Waals surface area (Å²) in [4.78, 5) is 51.9. The Hall–Kier alpha value is -2.36. The summed E-state index contributed by atoms with van der Waals surface area (Å²) in [5.41, 5.74) is -1.79. The van der Waals surface area contributed by atoms with Gasteiger partial charge in [-0.3, -0.25) is 14.4 Å². The van der Waals surface area contributed by atoms with Gasteiger partial charge >= 0.3 is 5.97 Å². The normalized spacial score (nSPS) is 20.2. The van der Waals surface area contributed by atoms with Crippen molar-refractivity contribution in [1.29, 1.82) is 0 Å². The lowest BCUT2D eigenvalue weighted by Gasteiger charge is -2.35. The maximum atomic E-state index is 13.0. The van der Waals surface area contributed by atoms with Gasteiger partial charge in [0, 0.05) is 30.1 Å². The van der Waals surface area contributed by atoms with Crippen LogP contribution in [0.5, 0.6) is 0 Å². The van der Waals surface area contributed by atoms with Crippen LogP contribution in [0.25, 0.3) is 0 Å². The molecular formula is C24H34Cl2N4O5. The largest absolute Gasteiger partial charge is 0.478 e. The van der Waals surface area contributed by atoms with Crippen molar-refractivity contribution in [3.63, 3.8) is 0 Å². The van der Waals surface area contributed by atoms with Crippen molar-refractivity contribution >= 4 is 47.7 Å². The van der Waals surface area contributed by atoms with Gasteiger partial charge in [0.15, 0.2) is 0 Å². The third-order valence-corrected chi connectivity index (χ3v) is 6.89. The summed E-state index contributed by atoms with van der Waals surface area (Å²) >= 11 is 5.83. The molecule has 4 N–H and O–H groups in total. The molecule has 2 aliphatic heterocycles. The van der Waals surface area contributed by atoms with Crippen molar-refractivity contribution in [2.75, 3.05) is 26.2 Å². The molecule has 2 fully saturated rings. The van der Waals surface area contributed by atoms with Crippen LogP contribution in [-0.4, -0.2) is 65.5 Å². The molecule has 1 aromatic rings. The topological polar surface area (TPSA) is 128 Å². The summed E-state index contributed by atoms with van der Waals surface area (Å²) in [6.45, 7) is 4.05. The molecule has 2 saturated heterocycles. The Labute approximate surface area is 216 Å². The zero-order valence-electron chi connectivity index (χ0n) is 19.8. The fraction of sp³-hybridized carbons (Fsp3) is 0.583. The number of hydrogen-bond donors (Lipinski definition) is 4. The van der Waals surface area contributed by atoms with Gasteiger partial charge in [-0.15, -0.1) is 12.4 Å². The number of nitrogens with zero attached hydrogens (tertiary/aromatic N) is 1. The number of halogens is 2. The van der Waals surface area contributed by atoms with Crippen molar-refractivity contribution < 1.29 is 24.3 Å². The van der Waals surface area contributed by atoms with Crippen LogP contribution < -0.4 is 16.0 Å². The number of nitrogens with one attached hydrogen (secondary N) is 3. The number of likely N-dealkylation sites (tertiary alicyclic amines) is 1. The maximum Gasteiger partial charge on any atom is 0.350 e. The third-order valence-electron chi connectivity index (χ3n) is 6.64. The van der Waals surface area contributed by atoms with E-state index in [1.807, 2.05) is 0 Å². The Balaban J connectivity index is 0.00000432. The summed E-state index contributed by atoms with van der Waals surface area (Å²) in [6.07, 6.45) is 4.68. The molecule has 2 atom stereocenters. The third kappa shape index (κ3) is 8.08. The van der Waals surface area contributed by atoms with Gasteiger partial charge in [0.25, 0.3) is 5.91 Å². The van der Waals surface area contributed by atoms with Crippen LogP contribution in [0.2, 0.25) is 5.02 Å². The first-order valence-electron chi connectivity index (χ1n) is 11.8. The zero-order chi connectivity index (χ0) is 24.7. The van der Waals surface area contributed by atoms with Crippen LogP contribution in [0.4, 0.5) is 0 Å². The molecule has 2 aliphatic rings. The van der Waals surface area contributed by atoms with E-state index in [2.05, 4.69) is 16.0 Å². The number of piperidine rings is 2. The van der Waals surface area contributed by atoms with Crippen LogP contribution in [0.3, 0.4) is 0 Å². The van der Waals surface area contributed by atoms with Crippen molar-refractivity contribution in [2.45, 2.75) is 51.1 Å². The molecule has 0 bridgehead atoms. The monoisotopic (exact) mass is 528 g/mol. The number of rotatable bonds is 8. The second-order valence-corrected chi connectivity index (χ2v) is 9.73. The average Bonchev–Trinajstić information content (AvgIpc) is 2.83. The van der Waals surface area contributed by atoms with Crippen molar-refractivity contribution in [3.8, 4) is 0 Å². The van der Waals surface area contributed by atoms with Crippen molar-refractivity contribution in [2.24, 2.45) is 11.8 Å². The van der Waals surface area contributed by atoms with E-state index in [-0.39, 0.29) is 30.4 Å². The minimum atomic E-state index is -2.00. The molecule has 11 heteroatoms. The molecule has 9 nitrogen and oxygen atoms in total. The first-order chi connectivity index (χ1) is 16.2. The van der Waals surface area contributed by atoms with E-state index in [1.165, 1.54) is 31.2 Å². The number of hydrogen-bond acceptors (Lipinski definition) is 5. The lowest BCUT2D eigenvalue weighted by Crippen LogP contribution is -2.65. The highest BCUT2D eigenvalue weighted by atomic mass is 35.5. The summed E-state index contributed by atoms with van der Waals surface area (Å²) < 4.78 is 0. The van der Waals surface area contributed by atoms with Crippen molar-refractivity contribution in [1.82, 2.24) is 20.9 Å². The van der Waals surface area contributed by atoms with E-state index in [0.717, 1.165) is 32.4 Å². The summed E-state index contributed by atoms with van der Waals surface area (Å²) in [7, 11) is 0. The highest BCUT2D eigenvalue weighted by molar-refractivity contribution is 6.30. The first-order valence-corrected chi connectivity index (χ1v) is 12.2. The van der Waals surface area contributed by atoms with Crippen LogP contribution in [0.1, 0.15) is 55.8 Å². The SMILES string of the molecule is C[C@](NC(=O)c1ccc(Cl)cc1)(NC(=O)[C@@H]1CCCN(C(=O)CCC2CCNCC2)C1)C(=O)O.Cl. The number of benzene rings is 1. The quantitative estimate of drug-likeness (QED) is 0.383. The Kier molecular flexibility index (Phi) is 10.8. The van der Waals surface area contributed by atoms with Gasteiger partial charge < -0.3 is 26.0 Å². The molecule has 0 radical (unpaired) electrons. The Bertz CT molecular complexity index is 908. The minimum Gasteiger partial charge on any atom is -0.478 e. The zero-order valence-corrected chi connectivity index (χ0v) is 21.4. The molecule has 0 saturated carbocycles. The molecule has 1 aromatic carbocycles. The fourth-order valence-corrected chi connectivity index (χ4v) is 4.59. The molecule has 35 heavy (non-hydrogen) atoms. The number of amides is 3. The summed E-state index contributed by atoms with van der Waals surface area (Å²) in [6, 6.07) is 5.98. The van der Waals surface area contributed by atoms with Gasteiger partial charge in [-0.1, -0.05) is 11.6 Å². The lowest BCUT2D eigenvalue weighted by molar-refractivity contribution is -0.149. The molecular weight excluding hydrogens is 495 g/mol. The first kappa shape index (κ1) is 28.9. The van der Waals surface area contributed by atoms with E-state index in [0.29, 0.717) is 36.7 Å². The number of carboxylic acids is 1. The van der Waals surface area contributed by atoms with Crippen LogP contribution in [0.15, 0.2) is 24.3 Å². The smallest absolute Gasteiger partial charge is 0.350 e. The van der Waals surface area contributed by atoms with Gasteiger partial charge in [-0.25, -0.2) is 4.79 Å². The number of carbonyl (C=O) groups excluding carboxylic acids is 3. The summed E-state index contributed by atoms with van der Waals surface area (Å²) in [5.74, 6) is -2.50. The van der Waals surface area contributed by atoms with E-state index in [9.17, 15) is 24.3 Å². The number of carboxylic acid groups (broad SMARTS) is 1. The van der Waals surface area contributed by atoms with Gasteiger partial charge in [0.05, 0.1) is 5.92 Å². The van der Waals surface area contributed by atoms with Crippen LogP contribution in [0, 0.1) is 11.8 Å². The highest BCUT2D eigenvalue weighted by Crippen LogP contribution is 2.22. The predicted octanol–water partition coefficient (Wildman–Crippen LogP) is 2.43. The van der Waals surface area contributed by atoms with E-state index in [1.54, 1.807) is 4.90 Å². The maximum absolute atomic E-state index is 13.0. The fourth-order valence-electron chi connectivity index (χ4n) is 4.46. The number of aliphatic carboxylic acids is 1. The Morgan fingerprint density at radius 2 is 1.77 bits per heavy atom. The standard InChI is InChI=1S/C24H33ClN4O5.ClH/c1-24(23(33)34,27-21(31)17-5-7-19(25)8-6-17)28-22(32)18-3-2-14-29(15-18)20(30)9-4-16-10-12-26-13-11-16;/h5-8,16,18,26H,2-4,9-15H2,1H3,(H,27,31)(H,28,32)(H,33,34);1H/t18-,24+;/m1./s1. The van der Waals surface area contributed by atoms with Gasteiger partial charge in [0.2, 0.25) is 17.5 Å². The minimum absolute atomic E-state index is 0. The molecule has 0 aromatic heterocycles. The molecule has 0 unspecified atom stereocenters. The average molecular weight is 529 g/mol. The molecule has 0 spiro atoms. The number of carbonyl (C=O) groups is 4. The second kappa shape index (κ2) is 13.1. The summed E-state index contributed by atoms with van der Waals surface area (Å²) in [5, 5.41) is 18.4. The Morgan fingerprint density at radius 1 is 1.11 bits per heavy atom. The Morgan fingerprint density at radius 3 is 2.40 bits per heavy atom. The molecule has 0 aliphatic carbocycles. The van der Waals surface area contributed by atoms with Gasteiger partial charge in [0.1, 0.15) is 0 Å². The van der Waals surface area contributed by atoms with Crippen LogP contribution >= 0.6 is 24.0 Å². The van der Waals surface area contributed by atoms with Crippen LogP contribution in [-0.2, 0) is 14.4 Å². The molecule has 3 amide bonds. The predicted molar refractivity (Wildman–Crippen MR) is 134 cm³/mol. The molecule has 194 valence electrons. The lowest BCUT2D eigenvalue weighted by atomic mass is 9.92. The highest BCUT2D eigenvalue weighted by Gasteiger charge is 2.39. The van der Waals surface area contributed by atoms with E-state index >= 15 is 0 Å². The second-order valence-electron chi connectivity index (χ2n) is 9.29. The van der Waals surface area contributed by atoms with E-state index in [4.69, 9.17) is 11.6 Å².